The zero-order valence-corrected chi connectivity index (χ0v) is 21.3. The van der Waals surface area contributed by atoms with Crippen LogP contribution in [0.1, 0.15) is 31.7 Å². The second kappa shape index (κ2) is 10.7. The van der Waals surface area contributed by atoms with Crippen LogP contribution in [0.3, 0.4) is 0 Å². The number of hydrogen-bond acceptors (Lipinski definition) is 7. The number of methoxy groups -OCH3 is 1. The van der Waals surface area contributed by atoms with Gasteiger partial charge in [0.25, 0.3) is 0 Å². The maximum Gasteiger partial charge on any atom is 0.404 e. The van der Waals surface area contributed by atoms with E-state index in [9.17, 15) is 9.59 Å². The van der Waals surface area contributed by atoms with Gasteiger partial charge in [-0.1, -0.05) is 31.0 Å². The molecule has 10 nitrogen and oxygen atoms in total. The number of rotatable bonds is 4. The van der Waals surface area contributed by atoms with Crippen molar-refractivity contribution in [1.29, 1.82) is 0 Å². The van der Waals surface area contributed by atoms with E-state index in [-0.39, 0.29) is 11.7 Å². The number of pyridine rings is 3. The number of nitrogens with one attached hydrogen (secondary N) is 1. The van der Waals surface area contributed by atoms with Crippen molar-refractivity contribution in [2.24, 2.45) is 12.8 Å². The minimum Gasteiger partial charge on any atom is -0.453 e. The number of aryl methyl sites for hydroxylation is 1. The topological polar surface area (TPSA) is 130 Å². The predicted octanol–water partition coefficient (Wildman–Crippen LogP) is 4.92. The van der Waals surface area contributed by atoms with E-state index in [4.69, 9.17) is 4.98 Å². The summed E-state index contributed by atoms with van der Waals surface area (Å²) in [5.41, 5.74) is 9.09. The molecule has 1 aliphatic carbocycles. The Labute approximate surface area is 219 Å². The second-order valence-corrected chi connectivity index (χ2v) is 9.18. The van der Waals surface area contributed by atoms with Gasteiger partial charge in [0.2, 0.25) is 0 Å². The number of benzene rings is 1. The number of nitrogens with two attached hydrogens (primary N) is 1. The number of carbonyl (C=O) groups is 1. The highest BCUT2D eigenvalue weighted by molar-refractivity contribution is 5.84. The molecule has 1 saturated carbocycles. The molecular weight excluding hydrogens is 482 g/mol. The van der Waals surface area contributed by atoms with E-state index in [2.05, 4.69) is 37.9 Å². The highest BCUT2D eigenvalue weighted by atomic mass is 16.5. The van der Waals surface area contributed by atoms with Crippen LogP contribution >= 0.6 is 0 Å². The molecule has 4 heterocycles. The molecule has 1 aromatic carbocycles. The van der Waals surface area contributed by atoms with Crippen molar-refractivity contribution in [3.05, 3.63) is 77.5 Å². The molecule has 1 aliphatic rings. The third-order valence-corrected chi connectivity index (χ3v) is 6.77. The fraction of sp³-hybridized carbons (Fsp3) is 0.250. The minimum absolute atomic E-state index is 0.0294. The molecule has 0 saturated heterocycles. The smallest absolute Gasteiger partial charge is 0.404 e. The van der Waals surface area contributed by atoms with E-state index in [1.54, 1.807) is 17.0 Å². The van der Waals surface area contributed by atoms with Crippen molar-refractivity contribution in [3.8, 4) is 11.3 Å². The highest BCUT2D eigenvalue weighted by Gasteiger charge is 2.23. The van der Waals surface area contributed by atoms with Gasteiger partial charge in [0.05, 0.1) is 35.6 Å². The molecule has 38 heavy (non-hydrogen) atoms. The van der Waals surface area contributed by atoms with Gasteiger partial charge in [0, 0.05) is 36.3 Å². The minimum atomic E-state index is -0.745. The molecule has 194 valence electrons. The van der Waals surface area contributed by atoms with Crippen molar-refractivity contribution in [1.82, 2.24) is 24.1 Å². The summed E-state index contributed by atoms with van der Waals surface area (Å²) < 4.78 is 7.53. The maximum absolute atomic E-state index is 12.9. The van der Waals surface area contributed by atoms with E-state index in [1.165, 1.54) is 20.0 Å². The number of ether oxygens (including phenoxy) is 1. The summed E-state index contributed by atoms with van der Waals surface area (Å²) in [6.07, 6.45) is 7.27. The Bertz CT molecular complexity index is 1670. The molecule has 0 radical (unpaired) electrons. The van der Waals surface area contributed by atoms with E-state index in [0.717, 1.165) is 46.0 Å². The molecule has 10 heteroatoms. The van der Waals surface area contributed by atoms with Gasteiger partial charge in [-0.05, 0) is 43.2 Å². The first-order valence-corrected chi connectivity index (χ1v) is 12.4. The fourth-order valence-corrected chi connectivity index (χ4v) is 4.87. The van der Waals surface area contributed by atoms with E-state index in [1.807, 2.05) is 54.1 Å². The van der Waals surface area contributed by atoms with Crippen molar-refractivity contribution in [2.75, 3.05) is 12.4 Å². The van der Waals surface area contributed by atoms with Gasteiger partial charge in [0.1, 0.15) is 11.6 Å². The number of aromatic nitrogens is 5. The lowest BCUT2D eigenvalue weighted by molar-refractivity contribution is 0.182. The summed E-state index contributed by atoms with van der Waals surface area (Å²) in [5, 5.41) is 4.41. The molecular formula is C28H29N7O3. The van der Waals surface area contributed by atoms with Gasteiger partial charge in [-0.15, -0.1) is 0 Å². The lowest BCUT2D eigenvalue weighted by Gasteiger charge is -2.12. The number of primary amides is 1. The third-order valence-electron chi connectivity index (χ3n) is 6.77. The number of carbonyl (C=O) groups excluding carboxylic acids is 1. The van der Waals surface area contributed by atoms with Crippen LogP contribution in [0.2, 0.25) is 0 Å². The van der Waals surface area contributed by atoms with Crippen LogP contribution in [-0.4, -0.2) is 37.3 Å². The maximum atomic E-state index is 12.9. The normalized spacial score (nSPS) is 13.3. The molecule has 0 spiro atoms. The Morgan fingerprint density at radius 2 is 1.82 bits per heavy atom. The summed E-state index contributed by atoms with van der Waals surface area (Å²) in [7, 11) is 3.04. The van der Waals surface area contributed by atoms with E-state index < -0.39 is 6.09 Å². The van der Waals surface area contributed by atoms with Crippen LogP contribution in [-0.2, 0) is 11.8 Å². The van der Waals surface area contributed by atoms with E-state index in [0.29, 0.717) is 11.6 Å². The molecule has 0 bridgehead atoms. The average molecular weight is 512 g/mol. The van der Waals surface area contributed by atoms with Gasteiger partial charge in [-0.3, -0.25) is 14.1 Å². The third kappa shape index (κ3) is 5.06. The molecule has 3 N–H and O–H groups in total. The molecule has 0 aliphatic heterocycles. The summed E-state index contributed by atoms with van der Waals surface area (Å²) in [6.45, 7) is 0. The number of hydrogen-bond donors (Lipinski definition) is 2. The summed E-state index contributed by atoms with van der Waals surface area (Å²) in [4.78, 5) is 36.0. The zero-order chi connectivity index (χ0) is 26.6. The van der Waals surface area contributed by atoms with Gasteiger partial charge < -0.3 is 15.8 Å². The SMILES string of the molecule is COC(N)=O.Cn1c(=O)n(C2CCCC2)c2cc(Nc3cccc(-c4ccc5ncccc5c4)n3)ncc21. The number of fused-ring (bicyclic) bond motifs is 2. The standard InChI is InChI=1S/C26H24N6O.C2H5NO2/c1-31-23-16-28-25(15-22(23)32(26(31)33)19-7-2-3-8-19)30-24-10-4-9-21(29-24)18-11-12-20-17(14-18)6-5-13-27-20;1-5-2(3)4/h4-6,9-16,19H,2-3,7-8H2,1H3,(H,28,29,30);1H3,(H2,3,4). The highest BCUT2D eigenvalue weighted by Crippen LogP contribution is 2.32. The lowest BCUT2D eigenvalue weighted by atomic mass is 10.1. The Morgan fingerprint density at radius 1 is 1.03 bits per heavy atom. The van der Waals surface area contributed by atoms with Gasteiger partial charge in [-0.25, -0.2) is 19.6 Å². The predicted molar refractivity (Wildman–Crippen MR) is 147 cm³/mol. The molecule has 4 aromatic heterocycles. The van der Waals surface area contributed by atoms with Crippen LogP contribution < -0.4 is 16.7 Å². The quantitative estimate of drug-likeness (QED) is 0.350. The first-order chi connectivity index (χ1) is 18.4. The van der Waals surface area contributed by atoms with Crippen LogP contribution in [0.5, 0.6) is 0 Å². The Balaban J connectivity index is 0.000000540. The summed E-state index contributed by atoms with van der Waals surface area (Å²) in [5.74, 6) is 1.38. The Kier molecular flexibility index (Phi) is 7.03. The van der Waals surface area contributed by atoms with Crippen LogP contribution in [0.25, 0.3) is 33.2 Å². The molecule has 0 atom stereocenters. The fourth-order valence-electron chi connectivity index (χ4n) is 4.87. The van der Waals surface area contributed by atoms with Crippen LogP contribution in [0.4, 0.5) is 16.4 Å². The van der Waals surface area contributed by atoms with Gasteiger partial charge >= 0.3 is 11.8 Å². The molecule has 1 amide bonds. The summed E-state index contributed by atoms with van der Waals surface area (Å²) in [6, 6.07) is 18.3. The lowest BCUT2D eigenvalue weighted by Crippen LogP contribution is -2.24. The van der Waals surface area contributed by atoms with Crippen LogP contribution in [0, 0.1) is 0 Å². The van der Waals surface area contributed by atoms with E-state index >= 15 is 0 Å². The Morgan fingerprint density at radius 3 is 2.58 bits per heavy atom. The molecule has 0 unspecified atom stereocenters. The summed E-state index contributed by atoms with van der Waals surface area (Å²) >= 11 is 0. The average Bonchev–Trinajstić information content (AvgIpc) is 3.55. The number of anilines is 2. The number of amides is 1. The van der Waals surface area contributed by atoms with Gasteiger partial charge in [-0.2, -0.15) is 0 Å². The van der Waals surface area contributed by atoms with Crippen molar-refractivity contribution in [3.63, 3.8) is 0 Å². The van der Waals surface area contributed by atoms with Crippen molar-refractivity contribution in [2.45, 2.75) is 31.7 Å². The molecule has 5 aromatic rings. The molecule has 1 fully saturated rings. The Hall–Kier alpha value is -4.73. The van der Waals surface area contributed by atoms with Gasteiger partial charge in [0.15, 0.2) is 0 Å². The number of imidazole rings is 1. The number of nitrogens with zero attached hydrogens (tertiary/aromatic N) is 5. The first kappa shape index (κ1) is 24.9. The first-order valence-electron chi connectivity index (χ1n) is 12.4. The molecule has 6 rings (SSSR count). The zero-order valence-electron chi connectivity index (χ0n) is 21.3. The largest absolute Gasteiger partial charge is 0.453 e. The van der Waals surface area contributed by atoms with Crippen molar-refractivity contribution < 1.29 is 9.53 Å². The monoisotopic (exact) mass is 511 g/mol. The van der Waals surface area contributed by atoms with Crippen molar-refractivity contribution >= 4 is 39.7 Å². The second-order valence-electron chi connectivity index (χ2n) is 9.18. The van der Waals surface area contributed by atoms with Crippen LogP contribution in [0.15, 0.2) is 71.8 Å².